The maximum atomic E-state index is 14.2. The maximum Gasteiger partial charge on any atom is 0.453 e. The van der Waals surface area contributed by atoms with Gasteiger partial charge in [-0.1, -0.05) is 6.92 Å². The smallest absolute Gasteiger partial charge is 0.453 e. The minimum atomic E-state index is -5.75. The molecule has 0 heterocycles. The van der Waals surface area contributed by atoms with E-state index in [4.69, 9.17) is 5.73 Å². The number of phenolic OH excluding ortho intramolecular Hbond substituents is 1. The Bertz CT molecular complexity index is 1520. The van der Waals surface area contributed by atoms with Gasteiger partial charge in [0.05, 0.1) is 11.6 Å². The second kappa shape index (κ2) is 10.4. The number of ketones is 2. The SMILES string of the molecule is CN(C)c1cc(CCCC(F)(F)C(F)(F)F)c(O)c2c1C[C@H]1C[C@@]3(C)[C@H](N(C)C)C(=O)C(C(N)=O)=C(O)[C@@]3(O)C(=O)C1=C2O. The number of Topliss-reactive ketones (excluding diaryl/α,β-unsaturated/α-hetero) is 2. The van der Waals surface area contributed by atoms with Crippen molar-refractivity contribution in [3.8, 4) is 5.75 Å². The Balaban J connectivity index is 1.90. The highest BCUT2D eigenvalue weighted by Crippen LogP contribution is 2.59. The molecule has 0 radical (unpaired) electrons. The van der Waals surface area contributed by atoms with Gasteiger partial charge in [0.15, 0.2) is 11.4 Å². The molecule has 242 valence electrons. The molecule has 10 nitrogen and oxygen atoms in total. The molecule has 1 aromatic carbocycles. The minimum absolute atomic E-state index is 0.0267. The summed E-state index contributed by atoms with van der Waals surface area (Å²) >= 11 is 0. The van der Waals surface area contributed by atoms with Crippen molar-refractivity contribution in [2.45, 2.75) is 62.8 Å². The fourth-order valence-corrected chi connectivity index (χ4v) is 7.16. The molecule has 6 N–H and O–H groups in total. The van der Waals surface area contributed by atoms with Crippen molar-refractivity contribution >= 4 is 28.9 Å². The number of aromatic hydroxyl groups is 1. The van der Waals surface area contributed by atoms with Gasteiger partial charge in [-0.05, 0) is 62.9 Å². The minimum Gasteiger partial charge on any atom is -0.508 e. The molecule has 1 amide bonds. The summed E-state index contributed by atoms with van der Waals surface area (Å²) < 4.78 is 65.1. The number of halogens is 5. The number of hydrogen-bond acceptors (Lipinski definition) is 9. The molecular formula is C29H34F5N3O7. The zero-order valence-electron chi connectivity index (χ0n) is 24.6. The van der Waals surface area contributed by atoms with Gasteiger partial charge in [0, 0.05) is 37.2 Å². The van der Waals surface area contributed by atoms with Crippen molar-refractivity contribution in [3.63, 3.8) is 0 Å². The number of amides is 1. The van der Waals surface area contributed by atoms with Gasteiger partial charge in [-0.2, -0.15) is 22.0 Å². The largest absolute Gasteiger partial charge is 0.508 e. The van der Waals surface area contributed by atoms with Crippen LogP contribution < -0.4 is 10.6 Å². The topological polar surface area (TPSA) is 165 Å². The van der Waals surface area contributed by atoms with E-state index in [0.717, 1.165) is 0 Å². The third-order valence-corrected chi connectivity index (χ3v) is 9.16. The van der Waals surface area contributed by atoms with E-state index in [1.165, 1.54) is 32.0 Å². The summed E-state index contributed by atoms with van der Waals surface area (Å²) in [6.07, 6.45) is -8.62. The van der Waals surface area contributed by atoms with Gasteiger partial charge in [-0.15, -0.1) is 0 Å². The zero-order valence-corrected chi connectivity index (χ0v) is 24.6. The van der Waals surface area contributed by atoms with Crippen LogP contribution >= 0.6 is 0 Å². The van der Waals surface area contributed by atoms with Crippen LogP contribution in [0.4, 0.5) is 27.6 Å². The second-order valence-corrected chi connectivity index (χ2v) is 12.3. The average Bonchev–Trinajstić information content (AvgIpc) is 2.86. The number of phenols is 1. The van der Waals surface area contributed by atoms with Crippen LogP contribution in [-0.2, 0) is 27.2 Å². The third-order valence-electron chi connectivity index (χ3n) is 9.16. The molecule has 1 aromatic rings. The number of hydrogen-bond donors (Lipinski definition) is 5. The Labute approximate surface area is 249 Å². The molecule has 1 saturated carbocycles. The standard InChI is InChI=1S/C29H34F5N3O7/c1-26-11-13-9-14-15(36(2)3)10-12(7-6-8-27(30,31)29(32,33)34)19(38)17(14)20(39)16(13)23(41)28(26,44)24(42)18(25(35)43)21(40)22(26)37(4)5/h10,13,22,38-39,42,44H,6-9,11H2,1-5H3,(H2,35,43)/t13-,22+,26-,28-/m0/s1. The molecule has 0 aliphatic heterocycles. The van der Waals surface area contributed by atoms with Gasteiger partial charge >= 0.3 is 12.1 Å². The van der Waals surface area contributed by atoms with E-state index in [0.29, 0.717) is 11.3 Å². The fourth-order valence-electron chi connectivity index (χ4n) is 7.16. The lowest BCUT2D eigenvalue weighted by Gasteiger charge is -2.57. The molecule has 0 spiro atoms. The van der Waals surface area contributed by atoms with Crippen LogP contribution in [0.5, 0.6) is 5.75 Å². The summed E-state index contributed by atoms with van der Waals surface area (Å²) in [5, 5.41) is 45.7. The first-order valence-electron chi connectivity index (χ1n) is 13.7. The Morgan fingerprint density at radius 1 is 1.09 bits per heavy atom. The van der Waals surface area contributed by atoms with Crippen LogP contribution in [0.2, 0.25) is 0 Å². The number of aliphatic hydroxyl groups is 3. The molecule has 0 bridgehead atoms. The number of nitrogens with two attached hydrogens (primary N) is 1. The monoisotopic (exact) mass is 631 g/mol. The Hall–Kier alpha value is -3.72. The van der Waals surface area contributed by atoms with E-state index in [2.05, 4.69) is 0 Å². The van der Waals surface area contributed by atoms with E-state index < -0.39 is 100 Å². The zero-order chi connectivity index (χ0) is 33.5. The van der Waals surface area contributed by atoms with E-state index in [-0.39, 0.29) is 24.0 Å². The average molecular weight is 632 g/mol. The normalized spacial score (nSPS) is 27.4. The van der Waals surface area contributed by atoms with Crippen molar-refractivity contribution in [2.24, 2.45) is 17.1 Å². The predicted octanol–water partition coefficient (Wildman–Crippen LogP) is 2.94. The van der Waals surface area contributed by atoms with Crippen LogP contribution in [0.1, 0.15) is 42.9 Å². The van der Waals surface area contributed by atoms with Gasteiger partial charge in [0.25, 0.3) is 5.91 Å². The number of aliphatic hydroxyl groups excluding tert-OH is 2. The Morgan fingerprint density at radius 2 is 1.68 bits per heavy atom. The molecule has 4 atom stereocenters. The number of carbonyl (C=O) groups excluding carboxylic acids is 3. The van der Waals surface area contributed by atoms with Crippen molar-refractivity contribution in [1.82, 2.24) is 4.90 Å². The lowest BCUT2D eigenvalue weighted by Crippen LogP contribution is -2.71. The summed E-state index contributed by atoms with van der Waals surface area (Å²) in [4.78, 5) is 42.7. The molecular weight excluding hydrogens is 597 g/mol. The molecule has 0 aromatic heterocycles. The van der Waals surface area contributed by atoms with Crippen molar-refractivity contribution < 1.29 is 56.8 Å². The highest BCUT2D eigenvalue weighted by Gasteiger charge is 2.70. The molecule has 44 heavy (non-hydrogen) atoms. The fraction of sp³-hybridized carbons (Fsp3) is 0.552. The highest BCUT2D eigenvalue weighted by atomic mass is 19.4. The Kier molecular flexibility index (Phi) is 7.87. The lowest BCUT2D eigenvalue weighted by atomic mass is 9.50. The van der Waals surface area contributed by atoms with Gasteiger partial charge in [0.2, 0.25) is 5.78 Å². The summed E-state index contributed by atoms with van der Waals surface area (Å²) in [6.45, 7) is 1.40. The molecule has 1 fully saturated rings. The second-order valence-electron chi connectivity index (χ2n) is 12.3. The molecule has 0 saturated heterocycles. The van der Waals surface area contributed by atoms with Gasteiger partial charge in [-0.25, -0.2) is 0 Å². The number of carbonyl (C=O) groups is 3. The summed E-state index contributed by atoms with van der Waals surface area (Å²) in [7, 11) is 6.17. The molecule has 0 unspecified atom stereocenters. The van der Waals surface area contributed by atoms with Crippen LogP contribution in [-0.4, -0.2) is 94.7 Å². The molecule has 3 aliphatic carbocycles. The maximum absolute atomic E-state index is 14.2. The van der Waals surface area contributed by atoms with E-state index in [1.54, 1.807) is 19.0 Å². The molecule has 3 aliphatic rings. The van der Waals surface area contributed by atoms with E-state index in [1.807, 2.05) is 0 Å². The number of likely N-dealkylation sites (N-methyl/N-ethyl adjacent to an activating group) is 1. The van der Waals surface area contributed by atoms with Crippen LogP contribution in [0.15, 0.2) is 23.0 Å². The van der Waals surface area contributed by atoms with Gasteiger partial charge in [0.1, 0.15) is 22.8 Å². The molecule has 4 rings (SSSR count). The number of benzene rings is 1. The summed E-state index contributed by atoms with van der Waals surface area (Å²) in [6, 6.07) is 0.0975. The quantitative estimate of drug-likeness (QED) is 0.225. The van der Waals surface area contributed by atoms with Gasteiger partial charge in [-0.3, -0.25) is 19.3 Å². The first-order valence-corrected chi connectivity index (χ1v) is 13.7. The van der Waals surface area contributed by atoms with Crippen molar-refractivity contribution in [2.75, 3.05) is 33.1 Å². The number of anilines is 1. The highest BCUT2D eigenvalue weighted by molar-refractivity contribution is 6.25. The van der Waals surface area contributed by atoms with E-state index >= 15 is 0 Å². The number of aryl methyl sites for hydroxylation is 1. The predicted molar refractivity (Wildman–Crippen MR) is 147 cm³/mol. The first-order chi connectivity index (χ1) is 20.0. The lowest BCUT2D eigenvalue weighted by molar-refractivity contribution is -0.284. The number of fused-ring (bicyclic) bond motifs is 3. The number of rotatable bonds is 7. The van der Waals surface area contributed by atoms with Crippen LogP contribution in [0.25, 0.3) is 5.76 Å². The number of alkyl halides is 5. The summed E-state index contributed by atoms with van der Waals surface area (Å²) in [5.74, 6) is -12.1. The number of primary amides is 1. The van der Waals surface area contributed by atoms with Crippen LogP contribution in [0, 0.1) is 11.3 Å². The number of nitrogens with zero attached hydrogens (tertiary/aromatic N) is 2. The first kappa shape index (κ1) is 33.2. The van der Waals surface area contributed by atoms with Gasteiger partial charge < -0.3 is 31.1 Å². The van der Waals surface area contributed by atoms with Crippen LogP contribution in [0.3, 0.4) is 0 Å². The summed E-state index contributed by atoms with van der Waals surface area (Å²) in [5.41, 5.74) is -0.328. The third kappa shape index (κ3) is 4.54. The molecule has 15 heteroatoms. The van der Waals surface area contributed by atoms with Crippen molar-refractivity contribution in [3.05, 3.63) is 39.7 Å². The Morgan fingerprint density at radius 3 is 2.18 bits per heavy atom. The van der Waals surface area contributed by atoms with E-state index in [9.17, 15) is 56.8 Å². The van der Waals surface area contributed by atoms with Crippen molar-refractivity contribution in [1.29, 1.82) is 0 Å².